The molecule has 0 saturated carbocycles. The maximum Gasteiger partial charge on any atom is 0.272 e. The molecule has 1 aromatic heterocycles. The summed E-state index contributed by atoms with van der Waals surface area (Å²) in [5, 5.41) is 3.04. The van der Waals surface area contributed by atoms with E-state index in [1.54, 1.807) is 12.1 Å². The second kappa shape index (κ2) is 8.96. The molecule has 0 radical (unpaired) electrons. The second-order valence-corrected chi connectivity index (χ2v) is 5.81. The Labute approximate surface area is 145 Å². The van der Waals surface area contributed by atoms with Gasteiger partial charge in [0, 0.05) is 18.0 Å². The molecule has 0 spiro atoms. The highest BCUT2D eigenvalue weighted by molar-refractivity contribution is 5.92. The van der Waals surface area contributed by atoms with Crippen LogP contribution in [0, 0.1) is 0 Å². The van der Waals surface area contributed by atoms with Crippen LogP contribution in [0.15, 0.2) is 47.6 Å². The number of guanidine groups is 1. The molecule has 0 atom stereocenters. The van der Waals surface area contributed by atoms with E-state index in [0.29, 0.717) is 5.92 Å². The molecule has 0 aliphatic heterocycles. The molecule has 7 heteroatoms. The third kappa shape index (κ3) is 6.37. The van der Waals surface area contributed by atoms with E-state index in [1.165, 1.54) is 11.8 Å². The Kier molecular flexibility index (Phi) is 6.68. The maximum absolute atomic E-state index is 12.2. The van der Waals surface area contributed by atoms with E-state index in [1.807, 2.05) is 18.2 Å². The standard InChI is InChI=1S/C18H22F2N4O/c1-12(2)14-4-3-5-15(9-14)24-18(21)23-10-13-6-7-22-17(8-13)25-11-16(19)20/h3-9,12,16H,10-11H2,1-2H3,(H3,21,23,24). The zero-order valence-electron chi connectivity index (χ0n) is 14.2. The largest absolute Gasteiger partial charge is 0.472 e. The number of halogens is 2. The van der Waals surface area contributed by atoms with Crippen molar-refractivity contribution in [2.24, 2.45) is 10.7 Å². The number of pyridine rings is 1. The zero-order valence-corrected chi connectivity index (χ0v) is 14.2. The topological polar surface area (TPSA) is 72.5 Å². The fourth-order valence-corrected chi connectivity index (χ4v) is 2.12. The number of ether oxygens (including phenoxy) is 1. The summed E-state index contributed by atoms with van der Waals surface area (Å²) in [4.78, 5) is 8.13. The molecule has 0 unspecified atom stereocenters. The average Bonchev–Trinajstić information content (AvgIpc) is 2.59. The smallest absolute Gasteiger partial charge is 0.272 e. The lowest BCUT2D eigenvalue weighted by molar-refractivity contribution is 0.0795. The molecule has 0 aliphatic rings. The highest BCUT2D eigenvalue weighted by atomic mass is 19.3. The molecule has 0 saturated heterocycles. The van der Waals surface area contributed by atoms with Crippen molar-refractivity contribution < 1.29 is 13.5 Å². The van der Waals surface area contributed by atoms with Crippen LogP contribution >= 0.6 is 0 Å². The minimum Gasteiger partial charge on any atom is -0.472 e. The van der Waals surface area contributed by atoms with E-state index in [4.69, 9.17) is 10.5 Å². The second-order valence-electron chi connectivity index (χ2n) is 5.81. The molecule has 2 rings (SSSR count). The number of rotatable bonds is 7. The Bertz CT molecular complexity index is 720. The molecule has 1 aromatic carbocycles. The molecule has 0 amide bonds. The van der Waals surface area contributed by atoms with Gasteiger partial charge in [-0.25, -0.2) is 18.8 Å². The molecule has 0 bridgehead atoms. The van der Waals surface area contributed by atoms with Crippen molar-refractivity contribution in [2.75, 3.05) is 11.9 Å². The van der Waals surface area contributed by atoms with Crippen molar-refractivity contribution in [3.63, 3.8) is 0 Å². The van der Waals surface area contributed by atoms with Gasteiger partial charge in [-0.05, 0) is 35.2 Å². The van der Waals surface area contributed by atoms with Crippen molar-refractivity contribution in [1.29, 1.82) is 0 Å². The molecule has 1 heterocycles. The van der Waals surface area contributed by atoms with Gasteiger partial charge in [0.15, 0.2) is 12.6 Å². The molecule has 3 N–H and O–H groups in total. The van der Waals surface area contributed by atoms with Gasteiger partial charge in [0.05, 0.1) is 6.54 Å². The van der Waals surface area contributed by atoms with Crippen LogP contribution in [0.2, 0.25) is 0 Å². The Hall–Kier alpha value is -2.70. The number of nitrogens with zero attached hydrogens (tertiary/aromatic N) is 2. The van der Waals surface area contributed by atoms with Crippen LogP contribution in [-0.4, -0.2) is 24.0 Å². The van der Waals surface area contributed by atoms with Gasteiger partial charge in [0.2, 0.25) is 5.88 Å². The SMILES string of the molecule is CC(C)c1cccc(NC(N)=NCc2ccnc(OCC(F)F)c2)c1. The van der Waals surface area contributed by atoms with Gasteiger partial charge in [-0.1, -0.05) is 26.0 Å². The number of aliphatic imine (C=N–C) groups is 1. The molecular weight excluding hydrogens is 326 g/mol. The van der Waals surface area contributed by atoms with Gasteiger partial charge in [0.1, 0.15) is 0 Å². The molecule has 0 fully saturated rings. The van der Waals surface area contributed by atoms with Crippen LogP contribution in [0.4, 0.5) is 14.5 Å². The lowest BCUT2D eigenvalue weighted by Crippen LogP contribution is -2.22. The predicted octanol–water partition coefficient (Wildman–Crippen LogP) is 3.78. The van der Waals surface area contributed by atoms with Gasteiger partial charge in [0.25, 0.3) is 6.43 Å². The lowest BCUT2D eigenvalue weighted by Gasteiger charge is -2.10. The summed E-state index contributed by atoms with van der Waals surface area (Å²) in [5.41, 5.74) is 8.74. The van der Waals surface area contributed by atoms with Gasteiger partial charge >= 0.3 is 0 Å². The molecule has 5 nitrogen and oxygen atoms in total. The van der Waals surface area contributed by atoms with Crippen LogP contribution in [0.3, 0.4) is 0 Å². The highest BCUT2D eigenvalue weighted by Gasteiger charge is 2.05. The molecular formula is C18H22F2N4O. The summed E-state index contributed by atoms with van der Waals surface area (Å²) in [6.45, 7) is 3.84. The summed E-state index contributed by atoms with van der Waals surface area (Å²) in [6.07, 6.45) is -1.05. The van der Waals surface area contributed by atoms with Crippen LogP contribution in [0.1, 0.15) is 30.9 Å². The summed E-state index contributed by atoms with van der Waals surface area (Å²) in [7, 11) is 0. The van der Waals surface area contributed by atoms with E-state index in [9.17, 15) is 8.78 Å². The number of anilines is 1. The van der Waals surface area contributed by atoms with Crippen molar-refractivity contribution in [2.45, 2.75) is 32.7 Å². The third-order valence-corrected chi connectivity index (χ3v) is 3.41. The van der Waals surface area contributed by atoms with Crippen LogP contribution in [0.5, 0.6) is 5.88 Å². The Morgan fingerprint density at radius 3 is 2.80 bits per heavy atom. The van der Waals surface area contributed by atoms with Crippen molar-refractivity contribution in [3.8, 4) is 5.88 Å². The van der Waals surface area contributed by atoms with Gasteiger partial charge < -0.3 is 15.8 Å². The number of hydrogen-bond donors (Lipinski definition) is 2. The summed E-state index contributed by atoms with van der Waals surface area (Å²) < 4.78 is 29.2. The number of alkyl halides is 2. The Morgan fingerprint density at radius 2 is 2.08 bits per heavy atom. The maximum atomic E-state index is 12.2. The first-order valence-corrected chi connectivity index (χ1v) is 7.97. The number of hydrogen-bond acceptors (Lipinski definition) is 3. The van der Waals surface area contributed by atoms with E-state index in [0.717, 1.165) is 11.3 Å². The molecule has 25 heavy (non-hydrogen) atoms. The normalized spacial score (nSPS) is 11.8. The Morgan fingerprint density at radius 1 is 1.28 bits per heavy atom. The first-order valence-electron chi connectivity index (χ1n) is 7.97. The Balaban J connectivity index is 1.96. The quantitative estimate of drug-likeness (QED) is 0.590. The number of nitrogens with two attached hydrogens (primary N) is 1. The number of aromatic nitrogens is 1. The van der Waals surface area contributed by atoms with Gasteiger partial charge in [-0.3, -0.25) is 0 Å². The van der Waals surface area contributed by atoms with E-state index >= 15 is 0 Å². The van der Waals surface area contributed by atoms with E-state index in [-0.39, 0.29) is 18.4 Å². The highest BCUT2D eigenvalue weighted by Crippen LogP contribution is 2.18. The summed E-state index contributed by atoms with van der Waals surface area (Å²) >= 11 is 0. The molecule has 134 valence electrons. The van der Waals surface area contributed by atoms with Gasteiger partial charge in [-0.2, -0.15) is 0 Å². The van der Waals surface area contributed by atoms with Crippen molar-refractivity contribution in [1.82, 2.24) is 4.98 Å². The monoisotopic (exact) mass is 348 g/mol. The van der Waals surface area contributed by atoms with Crippen molar-refractivity contribution in [3.05, 3.63) is 53.7 Å². The average molecular weight is 348 g/mol. The fourth-order valence-electron chi connectivity index (χ4n) is 2.12. The van der Waals surface area contributed by atoms with Crippen LogP contribution in [0.25, 0.3) is 0 Å². The molecule has 0 aliphatic carbocycles. The summed E-state index contributed by atoms with van der Waals surface area (Å²) in [5.74, 6) is 0.834. The van der Waals surface area contributed by atoms with Gasteiger partial charge in [-0.15, -0.1) is 0 Å². The predicted molar refractivity (Wildman–Crippen MR) is 95.2 cm³/mol. The number of nitrogens with one attached hydrogen (secondary N) is 1. The first kappa shape index (κ1) is 18.6. The van der Waals surface area contributed by atoms with E-state index in [2.05, 4.69) is 35.2 Å². The summed E-state index contributed by atoms with van der Waals surface area (Å²) in [6, 6.07) is 11.2. The minimum atomic E-state index is -2.54. The number of benzene rings is 1. The molecule has 2 aromatic rings. The minimum absolute atomic E-state index is 0.143. The van der Waals surface area contributed by atoms with Crippen LogP contribution < -0.4 is 15.8 Å². The third-order valence-electron chi connectivity index (χ3n) is 3.41. The zero-order chi connectivity index (χ0) is 18.2. The van der Waals surface area contributed by atoms with Crippen molar-refractivity contribution >= 4 is 11.6 Å². The fraction of sp³-hybridized carbons (Fsp3) is 0.333. The van der Waals surface area contributed by atoms with Crippen LogP contribution in [-0.2, 0) is 6.54 Å². The first-order chi connectivity index (χ1) is 11.9. The lowest BCUT2D eigenvalue weighted by atomic mass is 10.0. The van der Waals surface area contributed by atoms with E-state index < -0.39 is 13.0 Å².